The first-order valence-electron chi connectivity index (χ1n) is 7.05. The summed E-state index contributed by atoms with van der Waals surface area (Å²) in [5, 5.41) is 20.5. The second kappa shape index (κ2) is 8.38. The Balaban J connectivity index is 0.000000199. The predicted octanol–water partition coefficient (Wildman–Crippen LogP) is 3.94. The molecule has 0 aliphatic heterocycles. The van der Waals surface area contributed by atoms with Gasteiger partial charge in [-0.3, -0.25) is 25.0 Å². The number of nitrogens with zero attached hydrogens (tertiary/aromatic N) is 3. The molecule has 0 atom stereocenters. The molecule has 0 saturated heterocycles. The molecule has 0 unspecified atom stereocenters. The van der Waals surface area contributed by atoms with Crippen molar-refractivity contribution in [3.63, 3.8) is 0 Å². The number of benzene rings is 2. The van der Waals surface area contributed by atoms with Gasteiger partial charge in [0.2, 0.25) is 0 Å². The Morgan fingerprint density at radius 1 is 0.963 bits per heavy atom. The lowest BCUT2D eigenvalue weighted by Gasteiger charge is -1.97. The maximum absolute atomic E-state index is 13.4. The monoisotopic (exact) mass is 377 g/mol. The fraction of sp³-hybridized carbons (Fsp3) is 0. The van der Waals surface area contributed by atoms with Gasteiger partial charge in [0.15, 0.2) is 18.4 Å². The number of oxazole rings is 1. The fourth-order valence-corrected chi connectivity index (χ4v) is 1.89. The van der Waals surface area contributed by atoms with Crippen LogP contribution in [0.25, 0.3) is 11.3 Å². The third kappa shape index (κ3) is 4.75. The first-order chi connectivity index (χ1) is 12.8. The van der Waals surface area contributed by atoms with Crippen molar-refractivity contribution in [3.05, 3.63) is 86.4 Å². The van der Waals surface area contributed by atoms with Gasteiger partial charge in [-0.2, -0.15) is 0 Å². The number of aromatic nitrogens is 1. The Kier molecular flexibility index (Phi) is 5.99. The van der Waals surface area contributed by atoms with Crippen LogP contribution in [0.5, 0.6) is 0 Å². The van der Waals surface area contributed by atoms with Crippen LogP contribution in [0.15, 0.2) is 53.4 Å². The molecule has 0 radical (unpaired) electrons. The van der Waals surface area contributed by atoms with Crippen molar-refractivity contribution in [1.82, 2.24) is 4.98 Å². The number of non-ortho nitro benzene ring substituents is 2. The zero-order valence-corrected chi connectivity index (χ0v) is 13.2. The minimum absolute atomic E-state index is 0.151. The number of hydrogen-bond acceptors (Lipinski definition) is 7. The summed E-state index contributed by atoms with van der Waals surface area (Å²) in [5.41, 5.74) is -0.687. The molecule has 11 heteroatoms. The van der Waals surface area contributed by atoms with E-state index in [2.05, 4.69) is 4.98 Å². The molecule has 3 rings (SSSR count). The van der Waals surface area contributed by atoms with Crippen LogP contribution in [0.2, 0.25) is 0 Å². The Morgan fingerprint density at radius 3 is 2.00 bits per heavy atom. The van der Waals surface area contributed by atoms with Crippen LogP contribution in [0.4, 0.5) is 20.2 Å². The molecule has 3 aromatic rings. The van der Waals surface area contributed by atoms with Gasteiger partial charge in [0.05, 0.1) is 39.3 Å². The lowest BCUT2D eigenvalue weighted by molar-refractivity contribution is -0.385. The summed E-state index contributed by atoms with van der Waals surface area (Å²) < 4.78 is 30.9. The normalized spacial score (nSPS) is 9.85. The lowest BCUT2D eigenvalue weighted by atomic mass is 10.1. The first-order valence-corrected chi connectivity index (χ1v) is 7.05. The second-order valence-corrected chi connectivity index (χ2v) is 4.87. The molecule has 0 spiro atoms. The third-order valence-corrected chi connectivity index (χ3v) is 3.18. The number of nitro benzene ring substituents is 2. The summed E-state index contributed by atoms with van der Waals surface area (Å²) in [6.07, 6.45) is 2.81. The highest BCUT2D eigenvalue weighted by Gasteiger charge is 2.13. The number of carbonyl (C=O) groups is 1. The van der Waals surface area contributed by atoms with Gasteiger partial charge in [-0.25, -0.2) is 13.8 Å². The average molecular weight is 377 g/mol. The topological polar surface area (TPSA) is 129 Å². The molecule has 27 heavy (non-hydrogen) atoms. The van der Waals surface area contributed by atoms with Gasteiger partial charge in [0.25, 0.3) is 11.4 Å². The zero-order chi connectivity index (χ0) is 20.0. The van der Waals surface area contributed by atoms with E-state index in [0.29, 0.717) is 12.4 Å². The van der Waals surface area contributed by atoms with Crippen LogP contribution in [-0.4, -0.2) is 21.1 Å². The largest absolute Gasteiger partial charge is 0.443 e. The van der Waals surface area contributed by atoms with Crippen molar-refractivity contribution in [2.45, 2.75) is 0 Å². The minimum Gasteiger partial charge on any atom is -0.443 e. The van der Waals surface area contributed by atoms with E-state index in [1.54, 1.807) is 0 Å². The SMILES string of the molecule is O=Cc1ccc([N+](=O)[O-])cc1F.O=[N+]([O-])c1ccc(-c2cnco2)c(F)c1. The standard InChI is InChI=1S/C9H5FN2O3.C7H4FNO3/c10-8-3-6(12(13)14)1-2-7(8)9-4-11-5-15-9;8-7-3-6(9(11)12)2-1-5(7)4-10/h1-5H;1-4H. The van der Waals surface area contributed by atoms with Crippen molar-refractivity contribution in [2.75, 3.05) is 0 Å². The second-order valence-electron chi connectivity index (χ2n) is 4.87. The Hall–Kier alpha value is -4.02. The van der Waals surface area contributed by atoms with Crippen LogP contribution in [-0.2, 0) is 0 Å². The molecule has 138 valence electrons. The van der Waals surface area contributed by atoms with Gasteiger partial charge >= 0.3 is 0 Å². The first kappa shape index (κ1) is 19.3. The molecule has 2 aromatic carbocycles. The van der Waals surface area contributed by atoms with Gasteiger partial charge in [0, 0.05) is 12.1 Å². The van der Waals surface area contributed by atoms with E-state index < -0.39 is 21.5 Å². The predicted molar refractivity (Wildman–Crippen MR) is 87.0 cm³/mol. The van der Waals surface area contributed by atoms with Crippen molar-refractivity contribution in [3.8, 4) is 11.3 Å². The molecule has 0 N–H and O–H groups in total. The molecule has 0 amide bonds. The lowest BCUT2D eigenvalue weighted by Crippen LogP contribution is -1.92. The van der Waals surface area contributed by atoms with Crippen LogP contribution < -0.4 is 0 Å². The molecule has 0 aliphatic carbocycles. The summed E-state index contributed by atoms with van der Waals surface area (Å²) >= 11 is 0. The van der Waals surface area contributed by atoms with Gasteiger partial charge in [-0.15, -0.1) is 0 Å². The van der Waals surface area contributed by atoms with Crippen LogP contribution in [0.3, 0.4) is 0 Å². The van der Waals surface area contributed by atoms with Gasteiger partial charge in [0.1, 0.15) is 11.6 Å². The van der Waals surface area contributed by atoms with Crippen LogP contribution in [0.1, 0.15) is 10.4 Å². The van der Waals surface area contributed by atoms with Gasteiger partial charge in [-0.1, -0.05) is 0 Å². The van der Waals surface area contributed by atoms with Crippen molar-refractivity contribution < 1.29 is 27.8 Å². The fourth-order valence-electron chi connectivity index (χ4n) is 1.89. The van der Waals surface area contributed by atoms with E-state index in [1.807, 2.05) is 0 Å². The summed E-state index contributed by atoms with van der Waals surface area (Å²) in [6.45, 7) is 0. The maximum atomic E-state index is 13.4. The van der Waals surface area contributed by atoms with Crippen molar-refractivity contribution in [2.24, 2.45) is 0 Å². The molecule has 9 nitrogen and oxygen atoms in total. The van der Waals surface area contributed by atoms with Crippen molar-refractivity contribution in [1.29, 1.82) is 0 Å². The van der Waals surface area contributed by atoms with E-state index in [1.165, 1.54) is 18.3 Å². The molecule has 1 heterocycles. The number of hydrogen-bond donors (Lipinski definition) is 0. The number of rotatable bonds is 4. The minimum atomic E-state index is -0.876. The van der Waals surface area contributed by atoms with E-state index in [9.17, 15) is 33.8 Å². The number of halogens is 2. The highest BCUT2D eigenvalue weighted by Crippen LogP contribution is 2.25. The van der Waals surface area contributed by atoms with E-state index in [0.717, 1.165) is 24.6 Å². The van der Waals surface area contributed by atoms with E-state index >= 15 is 0 Å². The highest BCUT2D eigenvalue weighted by molar-refractivity contribution is 5.75. The van der Waals surface area contributed by atoms with E-state index in [4.69, 9.17) is 4.42 Å². The quantitative estimate of drug-likeness (QED) is 0.382. The molecule has 0 fully saturated rings. The molecule has 0 aliphatic rings. The maximum Gasteiger partial charge on any atom is 0.272 e. The van der Waals surface area contributed by atoms with Crippen LogP contribution >= 0.6 is 0 Å². The Bertz CT molecular complexity index is 992. The molecule has 0 saturated carbocycles. The Morgan fingerprint density at radius 2 is 1.56 bits per heavy atom. The number of carbonyl (C=O) groups excluding carboxylic acids is 1. The van der Waals surface area contributed by atoms with Crippen molar-refractivity contribution >= 4 is 17.7 Å². The molecule has 0 bridgehead atoms. The van der Waals surface area contributed by atoms with Gasteiger partial charge in [-0.05, 0) is 12.1 Å². The summed E-state index contributed by atoms with van der Waals surface area (Å²) in [6, 6.07) is 6.20. The smallest absolute Gasteiger partial charge is 0.272 e. The zero-order valence-electron chi connectivity index (χ0n) is 13.2. The average Bonchev–Trinajstić information content (AvgIpc) is 3.16. The molecule has 1 aromatic heterocycles. The number of aldehydes is 1. The van der Waals surface area contributed by atoms with E-state index in [-0.39, 0.29) is 28.3 Å². The molecular formula is C16H9F2N3O6. The number of nitro groups is 2. The highest BCUT2D eigenvalue weighted by atomic mass is 19.1. The molecular weight excluding hydrogens is 368 g/mol. The summed E-state index contributed by atoms with van der Waals surface area (Å²) in [4.78, 5) is 32.8. The summed E-state index contributed by atoms with van der Waals surface area (Å²) in [5.74, 6) is -1.34. The third-order valence-electron chi connectivity index (χ3n) is 3.18. The summed E-state index contributed by atoms with van der Waals surface area (Å²) in [7, 11) is 0. The van der Waals surface area contributed by atoms with Gasteiger partial charge < -0.3 is 4.42 Å². The Labute approximate surface area is 149 Å². The van der Waals surface area contributed by atoms with Crippen LogP contribution in [0, 0.1) is 31.9 Å².